The summed E-state index contributed by atoms with van der Waals surface area (Å²) in [6, 6.07) is 4.27. The van der Waals surface area contributed by atoms with E-state index >= 15 is 0 Å². The van der Waals surface area contributed by atoms with Crippen molar-refractivity contribution in [3.05, 3.63) is 35.0 Å². The number of para-hydroxylation sites is 1. The van der Waals surface area contributed by atoms with E-state index in [0.29, 0.717) is 18.4 Å². The van der Waals surface area contributed by atoms with Gasteiger partial charge in [-0.2, -0.15) is 13.2 Å². The standard InChI is InChI=1S/C12H13F3N2/c1-7-8(5-6-16)9-3-2-4-10(11(9)17-7)12(13,14)15/h2-4,17H,5-6,16H2,1H3/p+1. The van der Waals surface area contributed by atoms with Crippen molar-refractivity contribution in [1.82, 2.24) is 4.98 Å². The van der Waals surface area contributed by atoms with Gasteiger partial charge in [-0.05, 0) is 18.6 Å². The number of H-pyrrole nitrogens is 1. The molecule has 5 heteroatoms. The molecule has 0 spiro atoms. The predicted octanol–water partition coefficient (Wildman–Crippen LogP) is 2.28. The topological polar surface area (TPSA) is 43.4 Å². The van der Waals surface area contributed by atoms with Crippen LogP contribution < -0.4 is 5.73 Å². The molecule has 1 aromatic heterocycles. The van der Waals surface area contributed by atoms with Gasteiger partial charge in [0.25, 0.3) is 0 Å². The molecule has 17 heavy (non-hydrogen) atoms. The van der Waals surface area contributed by atoms with Crippen LogP contribution >= 0.6 is 0 Å². The third-order valence-corrected chi connectivity index (χ3v) is 2.89. The summed E-state index contributed by atoms with van der Waals surface area (Å²) in [7, 11) is 0. The molecular formula is C12H14F3N2+. The minimum Gasteiger partial charge on any atom is -0.358 e. The SMILES string of the molecule is Cc1[nH]c2c(C(F)(F)F)cccc2c1CC[NH3+]. The smallest absolute Gasteiger partial charge is 0.358 e. The van der Waals surface area contributed by atoms with Crippen molar-refractivity contribution in [1.29, 1.82) is 0 Å². The van der Waals surface area contributed by atoms with Crippen LogP contribution in [0.3, 0.4) is 0 Å². The Kier molecular flexibility index (Phi) is 2.87. The average Bonchev–Trinajstić information content (AvgIpc) is 2.54. The van der Waals surface area contributed by atoms with Crippen molar-refractivity contribution < 1.29 is 18.9 Å². The van der Waals surface area contributed by atoms with Crippen LogP contribution in [0.5, 0.6) is 0 Å². The third-order valence-electron chi connectivity index (χ3n) is 2.89. The summed E-state index contributed by atoms with van der Waals surface area (Å²) < 4.78 is 38.4. The summed E-state index contributed by atoms with van der Waals surface area (Å²) >= 11 is 0. The Labute approximate surface area is 96.6 Å². The molecule has 0 atom stereocenters. The number of aromatic amines is 1. The second-order valence-electron chi connectivity index (χ2n) is 4.06. The Balaban J connectivity index is 2.71. The Morgan fingerprint density at radius 2 is 2.00 bits per heavy atom. The highest BCUT2D eigenvalue weighted by molar-refractivity contribution is 5.87. The maximum atomic E-state index is 12.8. The highest BCUT2D eigenvalue weighted by atomic mass is 19.4. The molecule has 2 aromatic rings. The number of fused-ring (bicyclic) bond motifs is 1. The largest absolute Gasteiger partial charge is 0.418 e. The molecular weight excluding hydrogens is 229 g/mol. The van der Waals surface area contributed by atoms with E-state index in [9.17, 15) is 13.2 Å². The van der Waals surface area contributed by atoms with Gasteiger partial charge in [0, 0.05) is 17.5 Å². The van der Waals surface area contributed by atoms with E-state index in [4.69, 9.17) is 0 Å². The lowest BCUT2D eigenvalue weighted by Crippen LogP contribution is -2.51. The second-order valence-corrected chi connectivity index (χ2v) is 4.06. The van der Waals surface area contributed by atoms with Crippen LogP contribution in [0.25, 0.3) is 10.9 Å². The number of hydrogen-bond donors (Lipinski definition) is 2. The van der Waals surface area contributed by atoms with Gasteiger partial charge in [-0.15, -0.1) is 0 Å². The minimum atomic E-state index is -4.32. The van der Waals surface area contributed by atoms with Gasteiger partial charge in [0.15, 0.2) is 0 Å². The molecule has 0 aliphatic heterocycles. The minimum absolute atomic E-state index is 0.181. The van der Waals surface area contributed by atoms with Gasteiger partial charge in [-0.3, -0.25) is 0 Å². The fraction of sp³-hybridized carbons (Fsp3) is 0.333. The molecule has 0 aliphatic carbocycles. The Morgan fingerprint density at radius 3 is 2.59 bits per heavy atom. The molecule has 1 aromatic carbocycles. The number of benzene rings is 1. The number of rotatable bonds is 2. The van der Waals surface area contributed by atoms with Crippen molar-refractivity contribution >= 4 is 10.9 Å². The Morgan fingerprint density at radius 1 is 1.29 bits per heavy atom. The molecule has 0 saturated carbocycles. The van der Waals surface area contributed by atoms with Gasteiger partial charge in [-0.1, -0.05) is 12.1 Å². The lowest BCUT2D eigenvalue weighted by atomic mass is 10.1. The zero-order valence-corrected chi connectivity index (χ0v) is 9.49. The fourth-order valence-corrected chi connectivity index (χ4v) is 2.14. The first-order valence-corrected chi connectivity index (χ1v) is 5.41. The number of aryl methyl sites for hydroxylation is 1. The molecule has 0 saturated heterocycles. The quantitative estimate of drug-likeness (QED) is 0.812. The van der Waals surface area contributed by atoms with Crippen LogP contribution in [-0.2, 0) is 12.6 Å². The summed E-state index contributed by atoms with van der Waals surface area (Å²) in [6.45, 7) is 2.47. The monoisotopic (exact) mass is 243 g/mol. The molecule has 0 aliphatic rings. The number of alkyl halides is 3. The average molecular weight is 243 g/mol. The van der Waals surface area contributed by atoms with Gasteiger partial charge < -0.3 is 10.7 Å². The van der Waals surface area contributed by atoms with E-state index in [1.807, 2.05) is 0 Å². The van der Waals surface area contributed by atoms with Gasteiger partial charge >= 0.3 is 6.18 Å². The lowest BCUT2D eigenvalue weighted by molar-refractivity contribution is -0.366. The van der Waals surface area contributed by atoms with Gasteiger partial charge in [0.2, 0.25) is 0 Å². The highest BCUT2D eigenvalue weighted by Crippen LogP contribution is 2.36. The summed E-state index contributed by atoms with van der Waals surface area (Å²) in [5.41, 5.74) is 5.05. The molecule has 92 valence electrons. The fourth-order valence-electron chi connectivity index (χ4n) is 2.14. The number of aromatic nitrogens is 1. The van der Waals surface area contributed by atoms with E-state index in [0.717, 1.165) is 17.3 Å². The molecule has 0 amide bonds. The normalized spacial score (nSPS) is 12.3. The summed E-state index contributed by atoms with van der Waals surface area (Å²) in [5, 5.41) is 0.654. The summed E-state index contributed by atoms with van der Waals surface area (Å²) in [6.07, 6.45) is -3.63. The molecule has 4 N–H and O–H groups in total. The highest BCUT2D eigenvalue weighted by Gasteiger charge is 2.33. The first-order chi connectivity index (χ1) is 7.95. The van der Waals surface area contributed by atoms with Crippen LogP contribution in [-0.4, -0.2) is 11.5 Å². The van der Waals surface area contributed by atoms with Crippen LogP contribution in [0.2, 0.25) is 0 Å². The first kappa shape index (κ1) is 12.0. The van der Waals surface area contributed by atoms with E-state index < -0.39 is 11.7 Å². The summed E-state index contributed by atoms with van der Waals surface area (Å²) in [5.74, 6) is 0. The molecule has 0 bridgehead atoms. The molecule has 0 radical (unpaired) electrons. The van der Waals surface area contributed by atoms with Crippen molar-refractivity contribution in [3.8, 4) is 0 Å². The van der Waals surface area contributed by atoms with E-state index in [2.05, 4.69) is 10.7 Å². The van der Waals surface area contributed by atoms with Gasteiger partial charge in [-0.25, -0.2) is 0 Å². The third kappa shape index (κ3) is 2.02. The molecule has 1 heterocycles. The maximum absolute atomic E-state index is 12.8. The number of nitrogens with one attached hydrogen (secondary N) is 1. The maximum Gasteiger partial charge on any atom is 0.418 e. The summed E-state index contributed by atoms with van der Waals surface area (Å²) in [4.78, 5) is 2.84. The molecule has 2 nitrogen and oxygen atoms in total. The van der Waals surface area contributed by atoms with Crippen molar-refractivity contribution in [3.63, 3.8) is 0 Å². The van der Waals surface area contributed by atoms with E-state index in [1.54, 1.807) is 13.0 Å². The zero-order valence-electron chi connectivity index (χ0n) is 9.49. The van der Waals surface area contributed by atoms with Crippen molar-refractivity contribution in [2.45, 2.75) is 19.5 Å². The van der Waals surface area contributed by atoms with Crippen LogP contribution in [0.4, 0.5) is 13.2 Å². The van der Waals surface area contributed by atoms with Gasteiger partial charge in [0.1, 0.15) is 0 Å². The van der Waals surface area contributed by atoms with Gasteiger partial charge in [0.05, 0.1) is 17.6 Å². The first-order valence-electron chi connectivity index (χ1n) is 5.41. The van der Waals surface area contributed by atoms with E-state index in [1.165, 1.54) is 6.07 Å². The number of hydrogen-bond acceptors (Lipinski definition) is 0. The molecule has 2 rings (SSSR count). The van der Waals surface area contributed by atoms with Crippen LogP contribution in [0.1, 0.15) is 16.8 Å². The van der Waals surface area contributed by atoms with Crippen molar-refractivity contribution in [2.75, 3.05) is 6.54 Å². The van der Waals surface area contributed by atoms with Crippen molar-refractivity contribution in [2.24, 2.45) is 0 Å². The predicted molar refractivity (Wildman–Crippen MR) is 59.5 cm³/mol. The molecule has 0 unspecified atom stereocenters. The molecule has 0 fully saturated rings. The zero-order chi connectivity index (χ0) is 12.6. The number of quaternary nitrogens is 1. The van der Waals surface area contributed by atoms with Crippen LogP contribution in [0.15, 0.2) is 18.2 Å². The second kappa shape index (κ2) is 4.07. The lowest BCUT2D eigenvalue weighted by Gasteiger charge is -2.07. The number of halogens is 3. The van der Waals surface area contributed by atoms with Crippen LogP contribution in [0, 0.1) is 6.92 Å². The Hall–Kier alpha value is -1.49. The van der Waals surface area contributed by atoms with E-state index in [-0.39, 0.29) is 5.52 Å². The Bertz CT molecular complexity index is 540.